The quantitative estimate of drug-likeness (QED) is 0.445. The van der Waals surface area contributed by atoms with E-state index in [1.165, 1.54) is 18.5 Å². The summed E-state index contributed by atoms with van der Waals surface area (Å²) in [7, 11) is 0. The molecule has 1 aliphatic heterocycles. The number of carbonyl (C=O) groups is 2. The lowest BCUT2D eigenvalue weighted by Crippen LogP contribution is -2.61. The predicted octanol–water partition coefficient (Wildman–Crippen LogP) is 5.30. The van der Waals surface area contributed by atoms with Gasteiger partial charge in [0.05, 0.1) is 5.69 Å². The minimum Gasteiger partial charge on any atom is -0.444 e. The van der Waals surface area contributed by atoms with Crippen LogP contribution in [0.1, 0.15) is 76.0 Å². The molecule has 3 heterocycles. The summed E-state index contributed by atoms with van der Waals surface area (Å²) in [5.41, 5.74) is 3.05. The van der Waals surface area contributed by atoms with Crippen molar-refractivity contribution in [2.24, 2.45) is 10.8 Å². The molecule has 8 nitrogen and oxygen atoms in total. The Kier molecular flexibility index (Phi) is 5.88. The zero-order valence-corrected chi connectivity index (χ0v) is 22.4. The molecular formula is C28H34FN5O3. The van der Waals surface area contributed by atoms with Gasteiger partial charge in [0.1, 0.15) is 23.3 Å². The van der Waals surface area contributed by atoms with E-state index in [1.807, 2.05) is 46.1 Å². The van der Waals surface area contributed by atoms with Crippen molar-refractivity contribution in [3.05, 3.63) is 47.2 Å². The second-order valence-electron chi connectivity index (χ2n) is 12.1. The Hall–Kier alpha value is -3.36. The van der Waals surface area contributed by atoms with Crippen molar-refractivity contribution >= 4 is 23.0 Å². The van der Waals surface area contributed by atoms with Gasteiger partial charge in [-0.15, -0.1) is 10.2 Å². The maximum atomic E-state index is 14.4. The molecule has 3 aromatic rings. The number of fused-ring (bicyclic) bond motifs is 3. The van der Waals surface area contributed by atoms with Gasteiger partial charge in [-0.1, -0.05) is 20.8 Å². The standard InChI is InChI=1S/C28H34FN5O3/c1-7-27(5,6)23(35)18-12-17(29)8-9-20(18)34-21-10-11-28(13-19(21)22-24(34)32-31-16-30-22)14-33(15-28)25(36)37-26(2,3)4/h8-9,12,16H,7,10-11,13-15H2,1-6H3. The molecule has 1 fully saturated rings. The molecule has 0 N–H and O–H groups in total. The Labute approximate surface area is 216 Å². The summed E-state index contributed by atoms with van der Waals surface area (Å²) < 4.78 is 21.9. The molecule has 2 aromatic heterocycles. The van der Waals surface area contributed by atoms with Crippen LogP contribution in [0.15, 0.2) is 24.5 Å². The highest BCUT2D eigenvalue weighted by molar-refractivity contribution is 6.03. The number of hydrogen-bond acceptors (Lipinski definition) is 6. The number of hydrogen-bond donors (Lipinski definition) is 0. The fourth-order valence-corrected chi connectivity index (χ4v) is 5.49. The van der Waals surface area contributed by atoms with Crippen LogP contribution in [0.2, 0.25) is 0 Å². The number of benzene rings is 1. The van der Waals surface area contributed by atoms with Crippen LogP contribution in [0, 0.1) is 16.6 Å². The van der Waals surface area contributed by atoms with Crippen LogP contribution in [0.3, 0.4) is 0 Å². The highest BCUT2D eigenvalue weighted by Gasteiger charge is 2.49. The average molecular weight is 508 g/mol. The van der Waals surface area contributed by atoms with E-state index in [4.69, 9.17) is 4.74 Å². The average Bonchev–Trinajstić information content (AvgIpc) is 3.14. The van der Waals surface area contributed by atoms with Crippen molar-refractivity contribution in [1.29, 1.82) is 0 Å². The lowest BCUT2D eigenvalue weighted by molar-refractivity contribution is -0.0395. The van der Waals surface area contributed by atoms with Gasteiger partial charge >= 0.3 is 6.09 Å². The van der Waals surface area contributed by atoms with Gasteiger partial charge in [0, 0.05) is 40.7 Å². The van der Waals surface area contributed by atoms with Crippen LogP contribution in [0.25, 0.3) is 16.9 Å². The van der Waals surface area contributed by atoms with Crippen molar-refractivity contribution in [3.63, 3.8) is 0 Å². The zero-order valence-electron chi connectivity index (χ0n) is 22.4. The lowest BCUT2D eigenvalue weighted by atomic mass is 9.68. The Morgan fingerprint density at radius 3 is 2.57 bits per heavy atom. The van der Waals surface area contributed by atoms with Crippen LogP contribution in [0.5, 0.6) is 0 Å². The van der Waals surface area contributed by atoms with Crippen LogP contribution in [-0.2, 0) is 17.6 Å². The second-order valence-corrected chi connectivity index (χ2v) is 12.1. The highest BCUT2D eigenvalue weighted by atomic mass is 19.1. The first kappa shape index (κ1) is 25.3. The van der Waals surface area contributed by atoms with Gasteiger partial charge in [-0.05, 0) is 64.7 Å². The van der Waals surface area contributed by atoms with Crippen LogP contribution in [0.4, 0.5) is 9.18 Å². The molecule has 2 aliphatic rings. The largest absolute Gasteiger partial charge is 0.444 e. The third-order valence-corrected chi connectivity index (χ3v) is 7.81. The SMILES string of the molecule is CCC(C)(C)C(=O)c1cc(F)ccc1-n1c2c(c3ncnnc31)CC1(CC2)CN(C(=O)OC(C)(C)C)C1. The molecule has 37 heavy (non-hydrogen) atoms. The van der Waals surface area contributed by atoms with Crippen molar-refractivity contribution in [1.82, 2.24) is 24.6 Å². The van der Waals surface area contributed by atoms with E-state index in [0.29, 0.717) is 36.4 Å². The normalized spacial score (nSPS) is 17.0. The summed E-state index contributed by atoms with van der Waals surface area (Å²) in [6, 6.07) is 4.36. The number of ether oxygens (including phenoxy) is 1. The minimum absolute atomic E-state index is 0.0559. The molecular weight excluding hydrogens is 473 g/mol. The molecule has 1 aromatic carbocycles. The first-order chi connectivity index (χ1) is 17.3. The Morgan fingerprint density at radius 2 is 1.89 bits per heavy atom. The monoisotopic (exact) mass is 507 g/mol. The molecule has 9 heteroatoms. The van der Waals surface area contributed by atoms with E-state index < -0.39 is 16.8 Å². The van der Waals surface area contributed by atoms with Crippen molar-refractivity contribution in [3.8, 4) is 5.69 Å². The fourth-order valence-electron chi connectivity index (χ4n) is 5.49. The van der Waals surface area contributed by atoms with Crippen molar-refractivity contribution in [2.75, 3.05) is 13.1 Å². The molecule has 1 amide bonds. The highest BCUT2D eigenvalue weighted by Crippen LogP contribution is 2.46. The van der Waals surface area contributed by atoms with Crippen LogP contribution < -0.4 is 0 Å². The summed E-state index contributed by atoms with van der Waals surface area (Å²) in [6.07, 6.45) is 4.09. The van der Waals surface area contributed by atoms with Gasteiger partial charge in [-0.25, -0.2) is 14.2 Å². The van der Waals surface area contributed by atoms with Gasteiger partial charge in [0.15, 0.2) is 11.4 Å². The smallest absolute Gasteiger partial charge is 0.410 e. The molecule has 1 saturated heterocycles. The van der Waals surface area contributed by atoms with E-state index in [9.17, 15) is 14.0 Å². The lowest BCUT2D eigenvalue weighted by Gasteiger charge is -2.52. The number of rotatable bonds is 4. The topological polar surface area (TPSA) is 90.2 Å². The van der Waals surface area contributed by atoms with Gasteiger partial charge in [0.2, 0.25) is 0 Å². The fraction of sp³-hybridized carbons (Fsp3) is 0.536. The van der Waals surface area contributed by atoms with E-state index in [0.717, 1.165) is 36.0 Å². The number of aromatic nitrogens is 4. The number of ketones is 1. The Balaban J connectivity index is 1.55. The predicted molar refractivity (Wildman–Crippen MR) is 137 cm³/mol. The molecule has 196 valence electrons. The molecule has 0 saturated carbocycles. The summed E-state index contributed by atoms with van der Waals surface area (Å²) in [4.78, 5) is 32.4. The second kappa shape index (κ2) is 8.60. The van der Waals surface area contributed by atoms with E-state index in [1.54, 1.807) is 11.0 Å². The third kappa shape index (κ3) is 4.38. The number of likely N-dealkylation sites (tertiary alicyclic amines) is 1. The molecule has 0 atom stereocenters. The van der Waals surface area contributed by atoms with Gasteiger partial charge in [-0.2, -0.15) is 0 Å². The number of halogens is 1. The van der Waals surface area contributed by atoms with E-state index >= 15 is 0 Å². The first-order valence-corrected chi connectivity index (χ1v) is 12.9. The molecule has 0 unspecified atom stereocenters. The summed E-state index contributed by atoms with van der Waals surface area (Å²) >= 11 is 0. The van der Waals surface area contributed by atoms with Crippen molar-refractivity contribution < 1.29 is 18.7 Å². The minimum atomic E-state index is -0.642. The third-order valence-electron chi connectivity index (χ3n) is 7.81. The first-order valence-electron chi connectivity index (χ1n) is 12.9. The van der Waals surface area contributed by atoms with Gasteiger partial charge < -0.3 is 9.64 Å². The van der Waals surface area contributed by atoms with Gasteiger partial charge in [-0.3, -0.25) is 9.36 Å². The molecule has 0 radical (unpaired) electrons. The maximum Gasteiger partial charge on any atom is 0.410 e. The van der Waals surface area contributed by atoms with Crippen molar-refractivity contribution in [2.45, 2.75) is 72.8 Å². The van der Waals surface area contributed by atoms with E-state index in [-0.39, 0.29) is 17.3 Å². The molecule has 1 aliphatic carbocycles. The maximum absolute atomic E-state index is 14.4. The Bertz CT molecular complexity index is 1400. The summed E-state index contributed by atoms with van der Waals surface area (Å²) in [6.45, 7) is 12.6. The number of amides is 1. The van der Waals surface area contributed by atoms with Crippen LogP contribution in [-0.4, -0.2) is 55.2 Å². The van der Waals surface area contributed by atoms with Gasteiger partial charge in [0.25, 0.3) is 0 Å². The summed E-state index contributed by atoms with van der Waals surface area (Å²) in [5, 5.41) is 8.43. The number of Topliss-reactive ketones (excluding diaryl/α,β-unsaturated/α-hetero) is 1. The number of carbonyl (C=O) groups excluding carboxylic acids is 2. The van der Waals surface area contributed by atoms with Crippen LogP contribution >= 0.6 is 0 Å². The zero-order chi connectivity index (χ0) is 26.8. The van der Waals surface area contributed by atoms with E-state index in [2.05, 4.69) is 15.2 Å². The molecule has 5 rings (SSSR count). The summed E-state index contributed by atoms with van der Waals surface area (Å²) in [5.74, 6) is -0.569. The number of nitrogens with zero attached hydrogens (tertiary/aromatic N) is 5. The molecule has 1 spiro atoms. The Morgan fingerprint density at radius 1 is 1.16 bits per heavy atom. The molecule has 0 bridgehead atoms.